The number of nitrogens with zero attached hydrogens (tertiary/aromatic N) is 2. The molecule has 2 aromatic rings. The molecule has 33 nitrogen and oxygen atoms in total. The third-order valence-electron chi connectivity index (χ3n) is 13.1. The van der Waals surface area contributed by atoms with Crippen LogP contribution in [0.15, 0.2) is 47.8 Å². The SMILES string of the molecule is CC(C)C[C@H](NC(=O)[C@H](Cc1ccccc1)NC(=O)[C@H](CC(N)=O)NC(=O)[C@H](C)NC(=O)[C@H](CC(C)C)NC(=O)[C@@H](N)CCCN=C(N)N)C(=O)N[C@H](C(=O)N[C@@H](Cc1cnc[nH]1)C(=O)N[C@@H](CO)C(=O)N[C@@H](CO)C(=O)N[C@H](C=O)CC(N)=O)C(C)C. The minimum absolute atomic E-state index is 0.0332. The number of aromatic amines is 1. The largest absolute Gasteiger partial charge is 0.394 e. The number of nitrogens with one attached hydrogen (secondary N) is 11. The van der Waals surface area contributed by atoms with Gasteiger partial charge in [-0.2, -0.15) is 0 Å². The number of benzene rings is 1. The Hall–Kier alpha value is -9.11. The molecule has 0 saturated heterocycles. The molecule has 88 heavy (non-hydrogen) atoms. The van der Waals surface area contributed by atoms with Gasteiger partial charge in [0.1, 0.15) is 60.7 Å². The zero-order valence-electron chi connectivity index (χ0n) is 50.5. The lowest BCUT2D eigenvalue weighted by atomic mass is 9.98. The number of aliphatic imine (C=N–C) groups is 1. The van der Waals surface area contributed by atoms with E-state index in [-0.39, 0.29) is 62.7 Å². The van der Waals surface area contributed by atoms with E-state index in [9.17, 15) is 72.5 Å². The molecule has 0 unspecified atom stereocenters. The van der Waals surface area contributed by atoms with Crippen molar-refractivity contribution >= 4 is 83.1 Å². The van der Waals surface area contributed by atoms with E-state index < -0.39 is 169 Å². The Morgan fingerprint density at radius 1 is 0.545 bits per heavy atom. The maximum absolute atomic E-state index is 14.5. The maximum Gasteiger partial charge on any atom is 0.245 e. The quantitative estimate of drug-likeness (QED) is 0.0128. The van der Waals surface area contributed by atoms with Crippen molar-refractivity contribution in [3.63, 3.8) is 0 Å². The second-order valence-electron chi connectivity index (χ2n) is 22.1. The number of primary amides is 2. The van der Waals surface area contributed by atoms with Gasteiger partial charge in [0.05, 0.1) is 44.5 Å². The average molecular weight is 1240 g/mol. The van der Waals surface area contributed by atoms with Gasteiger partial charge in [0.25, 0.3) is 0 Å². The first-order chi connectivity index (χ1) is 41.4. The van der Waals surface area contributed by atoms with Crippen LogP contribution in [0.1, 0.15) is 98.2 Å². The number of H-pyrrole nitrogens is 1. The molecule has 1 heterocycles. The van der Waals surface area contributed by atoms with Crippen LogP contribution in [0.4, 0.5) is 0 Å². The number of aldehydes is 1. The molecule has 33 heteroatoms. The van der Waals surface area contributed by atoms with Crippen LogP contribution in [0.3, 0.4) is 0 Å². The van der Waals surface area contributed by atoms with E-state index >= 15 is 0 Å². The van der Waals surface area contributed by atoms with E-state index in [1.165, 1.54) is 19.4 Å². The van der Waals surface area contributed by atoms with Crippen LogP contribution in [0.2, 0.25) is 0 Å². The van der Waals surface area contributed by atoms with Gasteiger partial charge >= 0.3 is 0 Å². The lowest BCUT2D eigenvalue weighted by molar-refractivity contribution is -0.137. The predicted molar refractivity (Wildman–Crippen MR) is 317 cm³/mol. The number of aliphatic hydroxyl groups excluding tert-OH is 2. The Morgan fingerprint density at radius 3 is 1.49 bits per heavy atom. The number of hydrogen-bond donors (Lipinski definition) is 18. The molecule has 1 aromatic carbocycles. The Bertz CT molecular complexity index is 2710. The molecule has 0 bridgehead atoms. The van der Waals surface area contributed by atoms with Crippen LogP contribution < -0.4 is 81.8 Å². The zero-order valence-corrected chi connectivity index (χ0v) is 50.5. The van der Waals surface area contributed by atoms with Gasteiger partial charge in [0, 0.05) is 31.3 Å². The van der Waals surface area contributed by atoms with Crippen molar-refractivity contribution in [2.24, 2.45) is 51.4 Å². The lowest BCUT2D eigenvalue weighted by Gasteiger charge is -2.29. The van der Waals surface area contributed by atoms with Crippen molar-refractivity contribution in [2.75, 3.05) is 19.8 Å². The summed E-state index contributed by atoms with van der Waals surface area (Å²) in [6, 6.07) is -7.78. The molecule has 0 saturated carbocycles. The number of nitrogens with two attached hydrogens (primary N) is 5. The number of hydrogen-bond acceptors (Lipinski definition) is 18. The summed E-state index contributed by atoms with van der Waals surface area (Å²) in [5.41, 5.74) is 28.2. The number of carbonyl (C=O) groups excluding carboxylic acids is 13. The number of guanidine groups is 1. The van der Waals surface area contributed by atoms with Crippen molar-refractivity contribution < 1.29 is 72.5 Å². The number of amides is 12. The molecular weight excluding hydrogens is 1150 g/mol. The summed E-state index contributed by atoms with van der Waals surface area (Å²) in [5, 5.41) is 44.5. The highest BCUT2D eigenvalue weighted by molar-refractivity contribution is 6.00. The summed E-state index contributed by atoms with van der Waals surface area (Å²) in [4.78, 5) is 183. The second-order valence-corrected chi connectivity index (χ2v) is 22.1. The van der Waals surface area contributed by atoms with Crippen molar-refractivity contribution in [2.45, 2.75) is 166 Å². The minimum atomic E-state index is -1.81. The van der Waals surface area contributed by atoms with Gasteiger partial charge in [-0.05, 0) is 55.9 Å². The summed E-state index contributed by atoms with van der Waals surface area (Å²) in [7, 11) is 0. The van der Waals surface area contributed by atoms with Crippen molar-refractivity contribution in [3.05, 3.63) is 54.1 Å². The van der Waals surface area contributed by atoms with Gasteiger partial charge in [-0.1, -0.05) is 71.9 Å². The van der Waals surface area contributed by atoms with E-state index in [0.29, 0.717) is 17.7 Å². The zero-order chi connectivity index (χ0) is 66.4. The highest BCUT2D eigenvalue weighted by atomic mass is 16.3. The van der Waals surface area contributed by atoms with Gasteiger partial charge in [-0.25, -0.2) is 4.98 Å². The van der Waals surface area contributed by atoms with E-state index in [4.69, 9.17) is 28.7 Å². The van der Waals surface area contributed by atoms with Crippen molar-refractivity contribution in [1.82, 2.24) is 63.1 Å². The van der Waals surface area contributed by atoms with Gasteiger partial charge < -0.3 is 102 Å². The Morgan fingerprint density at radius 2 is 1.00 bits per heavy atom. The number of imidazole rings is 1. The molecule has 0 aliphatic heterocycles. The first-order valence-corrected chi connectivity index (χ1v) is 28.5. The molecule has 0 radical (unpaired) electrons. The molecule has 0 aliphatic carbocycles. The molecule has 11 atom stereocenters. The molecule has 23 N–H and O–H groups in total. The molecule has 488 valence electrons. The summed E-state index contributed by atoms with van der Waals surface area (Å²) >= 11 is 0. The van der Waals surface area contributed by atoms with E-state index in [0.717, 1.165) is 0 Å². The predicted octanol–water partition coefficient (Wildman–Crippen LogP) is -6.87. The van der Waals surface area contributed by atoms with Crippen LogP contribution in [-0.2, 0) is 75.2 Å². The minimum Gasteiger partial charge on any atom is -0.394 e. The monoisotopic (exact) mass is 1240 g/mol. The topological polar surface area (TPSA) is 554 Å². The Kier molecular flexibility index (Phi) is 32.5. The highest BCUT2D eigenvalue weighted by Crippen LogP contribution is 2.13. The van der Waals surface area contributed by atoms with Crippen molar-refractivity contribution in [1.29, 1.82) is 0 Å². The van der Waals surface area contributed by atoms with Gasteiger partial charge in [-0.15, -0.1) is 0 Å². The molecule has 0 fully saturated rings. The fourth-order valence-electron chi connectivity index (χ4n) is 8.47. The third-order valence-corrected chi connectivity index (χ3v) is 13.1. The molecule has 12 amide bonds. The molecule has 0 aliphatic rings. The average Bonchev–Trinajstić information content (AvgIpc) is 3.46. The smallest absolute Gasteiger partial charge is 0.245 e. The molecular formula is C55H88N18O15. The molecule has 2 rings (SSSR count). The maximum atomic E-state index is 14.5. The normalized spacial score (nSPS) is 14.9. The van der Waals surface area contributed by atoms with Crippen LogP contribution in [0.5, 0.6) is 0 Å². The van der Waals surface area contributed by atoms with Gasteiger partial charge in [0.15, 0.2) is 5.96 Å². The second kappa shape index (κ2) is 38.1. The number of carbonyl (C=O) groups is 13. The highest BCUT2D eigenvalue weighted by Gasteiger charge is 2.37. The number of aliphatic hydroxyl groups is 2. The van der Waals surface area contributed by atoms with E-state index in [1.807, 2.05) is 0 Å². The van der Waals surface area contributed by atoms with E-state index in [2.05, 4.69) is 68.1 Å². The fourth-order valence-corrected chi connectivity index (χ4v) is 8.47. The van der Waals surface area contributed by atoms with Crippen LogP contribution >= 0.6 is 0 Å². The standard InChI is InChI=1S/C55H88N18O15/c1-27(2)16-35(67-46(80)34(56)14-11-15-62-55(59)60)47(81)64-30(7)45(79)66-39(21-43(58)78)50(84)69-37(18-31-12-9-8-10-13-31)48(82)68-36(17-28(3)4)51(85)73-44(29(5)6)54(88)70-38(19-32-22-61-26-63-32)49(83)71-41(25-76)53(87)72-40(24-75)52(86)65-33(23-74)20-42(57)77/h8-10,12-13,22-23,26-30,33-41,44,75-76H,11,14-21,24-25,56H2,1-7H3,(H2,57,77)(H2,58,78)(H,61,63)(H,64,81)(H,65,86)(H,66,79)(H,67,80)(H,68,82)(H,69,84)(H,70,88)(H,71,83)(H,72,87)(H,73,85)(H4,59,60,62)/t30-,33-,34-,35-,36-,37-,38-,39-,40-,41-,44-/m0/s1. The third kappa shape index (κ3) is 27.5. The number of aromatic nitrogens is 2. The molecule has 0 spiro atoms. The van der Waals surface area contributed by atoms with Crippen LogP contribution in [0, 0.1) is 17.8 Å². The lowest BCUT2D eigenvalue weighted by Crippen LogP contribution is -2.62. The summed E-state index contributed by atoms with van der Waals surface area (Å²) < 4.78 is 0. The fraction of sp³-hybridized carbons (Fsp3) is 0.582. The summed E-state index contributed by atoms with van der Waals surface area (Å²) in [6.45, 7) is 9.64. The van der Waals surface area contributed by atoms with Crippen LogP contribution in [-0.4, -0.2) is 190 Å². The number of rotatable bonds is 40. The Labute approximate surface area is 508 Å². The first kappa shape index (κ1) is 75.0. The molecule has 1 aromatic heterocycles. The van der Waals surface area contributed by atoms with Crippen LogP contribution in [0.25, 0.3) is 0 Å². The van der Waals surface area contributed by atoms with Gasteiger partial charge in [0.2, 0.25) is 70.9 Å². The summed E-state index contributed by atoms with van der Waals surface area (Å²) in [5.74, 6) is -12.7. The van der Waals surface area contributed by atoms with E-state index in [1.54, 1.807) is 71.9 Å². The Balaban J connectivity index is 2.39. The summed E-state index contributed by atoms with van der Waals surface area (Å²) in [6.07, 6.45) is 1.61. The van der Waals surface area contributed by atoms with Gasteiger partial charge in [-0.3, -0.25) is 62.5 Å². The van der Waals surface area contributed by atoms with Crippen molar-refractivity contribution in [3.8, 4) is 0 Å². The first-order valence-electron chi connectivity index (χ1n) is 28.5.